The minimum Gasteiger partial charge on any atom is -0.497 e. The molecule has 2 aromatic carbocycles. The smallest absolute Gasteiger partial charge is 0.248 e. The Labute approximate surface area is 161 Å². The number of amides is 1. The second-order valence-electron chi connectivity index (χ2n) is 6.66. The first-order valence-corrected chi connectivity index (χ1v) is 10.5. The Kier molecular flexibility index (Phi) is 6.49. The van der Waals surface area contributed by atoms with Gasteiger partial charge in [0.1, 0.15) is 11.8 Å². The summed E-state index contributed by atoms with van der Waals surface area (Å²) in [6, 6.07) is 13.1. The van der Waals surface area contributed by atoms with Crippen LogP contribution in [0.4, 0.5) is 11.4 Å². The number of carbonyl (C=O) groups is 1. The van der Waals surface area contributed by atoms with Gasteiger partial charge in [-0.05, 0) is 48.7 Å². The van der Waals surface area contributed by atoms with E-state index in [4.69, 9.17) is 4.74 Å². The fourth-order valence-electron chi connectivity index (χ4n) is 2.89. The zero-order chi connectivity index (χ0) is 20.2. The van der Waals surface area contributed by atoms with E-state index in [2.05, 4.69) is 5.32 Å². The van der Waals surface area contributed by atoms with E-state index in [1.165, 1.54) is 7.11 Å². The summed E-state index contributed by atoms with van der Waals surface area (Å²) in [5.41, 5.74) is 2.08. The Morgan fingerprint density at radius 2 is 1.63 bits per heavy atom. The average Bonchev–Trinajstić information content (AvgIpc) is 2.61. The molecular weight excluding hydrogens is 364 g/mol. The van der Waals surface area contributed by atoms with E-state index >= 15 is 0 Å². The van der Waals surface area contributed by atoms with E-state index in [-0.39, 0.29) is 5.92 Å². The van der Waals surface area contributed by atoms with Crippen LogP contribution >= 0.6 is 0 Å². The molecule has 27 heavy (non-hydrogen) atoms. The van der Waals surface area contributed by atoms with Crippen LogP contribution in [-0.4, -0.2) is 33.7 Å². The maximum absolute atomic E-state index is 12.8. The molecule has 6 nitrogen and oxygen atoms in total. The van der Waals surface area contributed by atoms with Crippen LogP contribution < -0.4 is 14.4 Å². The van der Waals surface area contributed by atoms with Crippen molar-refractivity contribution in [1.29, 1.82) is 0 Å². The van der Waals surface area contributed by atoms with E-state index in [1.54, 1.807) is 31.2 Å². The Morgan fingerprint density at radius 3 is 2.15 bits per heavy atom. The van der Waals surface area contributed by atoms with Crippen LogP contribution in [-0.2, 0) is 14.8 Å². The quantitative estimate of drug-likeness (QED) is 0.784. The number of hydrogen-bond donors (Lipinski definition) is 1. The molecule has 2 aromatic rings. The molecule has 2 rings (SSSR count). The van der Waals surface area contributed by atoms with Crippen molar-refractivity contribution < 1.29 is 17.9 Å². The lowest BCUT2D eigenvalue weighted by Crippen LogP contribution is -2.45. The lowest BCUT2D eigenvalue weighted by molar-refractivity contribution is -0.116. The van der Waals surface area contributed by atoms with Crippen LogP contribution in [0.1, 0.15) is 32.3 Å². The van der Waals surface area contributed by atoms with Crippen molar-refractivity contribution in [1.82, 2.24) is 0 Å². The number of nitrogens with zero attached hydrogens (tertiary/aromatic N) is 1. The minimum atomic E-state index is -3.67. The SMILES string of the molecule is COc1ccc(N([C@@H](C)C(=O)Nc2ccccc2C(C)C)S(C)(=O)=O)cc1. The van der Waals surface area contributed by atoms with Crippen molar-refractivity contribution in [2.45, 2.75) is 32.7 Å². The molecule has 146 valence electrons. The van der Waals surface area contributed by atoms with Crippen LogP contribution in [0.15, 0.2) is 48.5 Å². The number of carbonyl (C=O) groups excluding carboxylic acids is 1. The van der Waals surface area contributed by atoms with Gasteiger partial charge in [-0.25, -0.2) is 8.42 Å². The van der Waals surface area contributed by atoms with Crippen LogP contribution in [0.3, 0.4) is 0 Å². The number of hydrogen-bond acceptors (Lipinski definition) is 4. The highest BCUT2D eigenvalue weighted by molar-refractivity contribution is 7.92. The number of rotatable bonds is 7. The first-order chi connectivity index (χ1) is 12.6. The normalized spacial score (nSPS) is 12.5. The van der Waals surface area contributed by atoms with Crippen LogP contribution in [0.25, 0.3) is 0 Å². The molecule has 0 spiro atoms. The lowest BCUT2D eigenvalue weighted by atomic mass is 10.0. The molecule has 0 bridgehead atoms. The summed E-state index contributed by atoms with van der Waals surface area (Å²) < 4.78 is 31.0. The largest absolute Gasteiger partial charge is 0.497 e. The summed E-state index contributed by atoms with van der Waals surface area (Å²) in [4.78, 5) is 12.8. The van der Waals surface area contributed by atoms with Crippen molar-refractivity contribution in [3.8, 4) is 5.75 Å². The van der Waals surface area contributed by atoms with E-state index in [1.807, 2.05) is 38.1 Å². The van der Waals surface area contributed by atoms with E-state index < -0.39 is 22.0 Å². The number of anilines is 2. The molecular formula is C20H26N2O4S. The Morgan fingerprint density at radius 1 is 1.04 bits per heavy atom. The van der Waals surface area contributed by atoms with Crippen molar-refractivity contribution in [2.24, 2.45) is 0 Å². The molecule has 0 saturated heterocycles. The molecule has 0 saturated carbocycles. The zero-order valence-corrected chi connectivity index (χ0v) is 17.1. The van der Waals surface area contributed by atoms with Crippen LogP contribution in [0, 0.1) is 0 Å². The first kappa shape index (κ1) is 20.8. The summed E-state index contributed by atoms with van der Waals surface area (Å²) in [5, 5.41) is 2.87. The van der Waals surface area contributed by atoms with E-state index in [9.17, 15) is 13.2 Å². The highest BCUT2D eigenvalue weighted by atomic mass is 32.2. The predicted molar refractivity (Wildman–Crippen MR) is 109 cm³/mol. The van der Waals surface area contributed by atoms with Crippen molar-refractivity contribution >= 4 is 27.3 Å². The van der Waals surface area contributed by atoms with Gasteiger partial charge in [0.2, 0.25) is 15.9 Å². The second kappa shape index (κ2) is 8.43. The minimum absolute atomic E-state index is 0.226. The fourth-order valence-corrected chi connectivity index (χ4v) is 4.06. The number of methoxy groups -OCH3 is 1. The molecule has 0 aliphatic heterocycles. The van der Waals surface area contributed by atoms with Gasteiger partial charge in [0.05, 0.1) is 19.1 Å². The van der Waals surface area contributed by atoms with Gasteiger partial charge >= 0.3 is 0 Å². The molecule has 7 heteroatoms. The van der Waals surface area contributed by atoms with Crippen LogP contribution in [0.5, 0.6) is 5.75 Å². The van der Waals surface area contributed by atoms with Crippen LogP contribution in [0.2, 0.25) is 0 Å². The van der Waals surface area contributed by atoms with Crippen molar-refractivity contribution in [3.63, 3.8) is 0 Å². The third-order valence-electron chi connectivity index (χ3n) is 4.26. The molecule has 0 fully saturated rings. The number of para-hydroxylation sites is 1. The topological polar surface area (TPSA) is 75.7 Å². The molecule has 0 aromatic heterocycles. The van der Waals surface area contributed by atoms with Gasteiger partial charge in [-0.3, -0.25) is 9.10 Å². The summed E-state index contributed by atoms with van der Waals surface area (Å²) in [5.74, 6) is 0.434. The first-order valence-electron chi connectivity index (χ1n) is 8.68. The Bertz CT molecular complexity index is 892. The van der Waals surface area contributed by atoms with Gasteiger partial charge in [-0.1, -0.05) is 32.0 Å². The number of ether oxygens (including phenoxy) is 1. The molecule has 0 aliphatic rings. The fraction of sp³-hybridized carbons (Fsp3) is 0.350. The summed E-state index contributed by atoms with van der Waals surface area (Å²) >= 11 is 0. The summed E-state index contributed by atoms with van der Waals surface area (Å²) in [6.45, 7) is 5.64. The highest BCUT2D eigenvalue weighted by Crippen LogP contribution is 2.26. The number of sulfonamides is 1. The summed E-state index contributed by atoms with van der Waals surface area (Å²) in [6.07, 6.45) is 1.09. The maximum Gasteiger partial charge on any atom is 0.248 e. The molecule has 0 radical (unpaired) electrons. The number of benzene rings is 2. The Hall–Kier alpha value is -2.54. The molecule has 1 N–H and O–H groups in total. The van der Waals surface area contributed by atoms with Gasteiger partial charge in [-0.2, -0.15) is 0 Å². The predicted octanol–water partition coefficient (Wildman–Crippen LogP) is 3.61. The second-order valence-corrected chi connectivity index (χ2v) is 8.52. The Balaban J connectivity index is 2.33. The van der Waals surface area contributed by atoms with Gasteiger partial charge < -0.3 is 10.1 Å². The van der Waals surface area contributed by atoms with E-state index in [0.29, 0.717) is 17.1 Å². The van der Waals surface area contributed by atoms with Crippen molar-refractivity contribution in [3.05, 3.63) is 54.1 Å². The number of nitrogens with one attached hydrogen (secondary N) is 1. The van der Waals surface area contributed by atoms with Gasteiger partial charge in [0.25, 0.3) is 0 Å². The lowest BCUT2D eigenvalue weighted by Gasteiger charge is -2.28. The molecule has 1 atom stereocenters. The molecule has 0 heterocycles. The third kappa shape index (κ3) is 5.01. The zero-order valence-electron chi connectivity index (χ0n) is 16.3. The van der Waals surface area contributed by atoms with E-state index in [0.717, 1.165) is 16.1 Å². The van der Waals surface area contributed by atoms with Gasteiger partial charge in [-0.15, -0.1) is 0 Å². The van der Waals surface area contributed by atoms with Gasteiger partial charge in [0.15, 0.2) is 0 Å². The van der Waals surface area contributed by atoms with Gasteiger partial charge in [0, 0.05) is 5.69 Å². The molecule has 1 amide bonds. The van der Waals surface area contributed by atoms with Crippen molar-refractivity contribution in [2.75, 3.05) is 23.0 Å². The highest BCUT2D eigenvalue weighted by Gasteiger charge is 2.29. The standard InChI is InChI=1S/C20H26N2O4S/c1-14(2)18-8-6-7-9-19(18)21-20(23)15(3)22(27(5,24)25)16-10-12-17(26-4)13-11-16/h6-15H,1-5H3,(H,21,23)/t15-/m0/s1. The molecule has 0 unspecified atom stereocenters. The average molecular weight is 391 g/mol. The maximum atomic E-state index is 12.8. The summed E-state index contributed by atoms with van der Waals surface area (Å²) in [7, 11) is -2.14. The third-order valence-corrected chi connectivity index (χ3v) is 5.50. The molecule has 0 aliphatic carbocycles. The monoisotopic (exact) mass is 390 g/mol.